The van der Waals surface area contributed by atoms with Crippen molar-refractivity contribution in [3.63, 3.8) is 0 Å². The van der Waals surface area contributed by atoms with Gasteiger partial charge in [-0.3, -0.25) is 0 Å². The summed E-state index contributed by atoms with van der Waals surface area (Å²) in [6.07, 6.45) is 4.43. The van der Waals surface area contributed by atoms with Gasteiger partial charge in [-0.25, -0.2) is 9.97 Å². The minimum absolute atomic E-state index is 0.304. The molecule has 1 atom stereocenters. The third-order valence-electron chi connectivity index (χ3n) is 3.55. The summed E-state index contributed by atoms with van der Waals surface area (Å²) < 4.78 is 1.07. The molecule has 0 spiro atoms. The number of aromatic nitrogens is 2. The van der Waals surface area contributed by atoms with Gasteiger partial charge in [0.05, 0.1) is 3.57 Å². The van der Waals surface area contributed by atoms with Crippen LogP contribution in [-0.4, -0.2) is 22.6 Å². The zero-order valence-corrected chi connectivity index (χ0v) is 12.6. The number of hydrogen-bond acceptors (Lipinski definition) is 4. The predicted molar refractivity (Wildman–Crippen MR) is 83.9 cm³/mol. The van der Waals surface area contributed by atoms with E-state index in [-0.39, 0.29) is 0 Å². The van der Waals surface area contributed by atoms with Crippen molar-refractivity contribution in [2.45, 2.75) is 19.0 Å². The van der Waals surface area contributed by atoms with Gasteiger partial charge in [0.2, 0.25) is 0 Å². The fourth-order valence-electron chi connectivity index (χ4n) is 2.56. The average Bonchev–Trinajstić information content (AvgIpc) is 2.46. The number of benzene rings is 1. The SMILES string of the molecule is NCC1Cc2ccccc2CN1c1ncncc1I. The van der Waals surface area contributed by atoms with Crippen molar-refractivity contribution < 1.29 is 0 Å². The van der Waals surface area contributed by atoms with Gasteiger partial charge in [-0.05, 0) is 40.1 Å². The molecule has 3 rings (SSSR count). The summed E-state index contributed by atoms with van der Waals surface area (Å²) in [5.74, 6) is 0.987. The second-order valence-electron chi connectivity index (χ2n) is 4.68. The quantitative estimate of drug-likeness (QED) is 0.826. The highest BCUT2D eigenvalue weighted by Crippen LogP contribution is 2.29. The molecule has 5 heteroatoms. The summed E-state index contributed by atoms with van der Waals surface area (Å²) in [4.78, 5) is 10.8. The molecule has 0 radical (unpaired) electrons. The Morgan fingerprint density at radius 2 is 2.11 bits per heavy atom. The Labute approximate surface area is 126 Å². The van der Waals surface area contributed by atoms with Gasteiger partial charge in [0.15, 0.2) is 0 Å². The van der Waals surface area contributed by atoms with Gasteiger partial charge in [-0.1, -0.05) is 24.3 Å². The largest absolute Gasteiger partial charge is 0.347 e. The van der Waals surface area contributed by atoms with Crippen LogP contribution in [0.3, 0.4) is 0 Å². The highest BCUT2D eigenvalue weighted by atomic mass is 127. The minimum atomic E-state index is 0.304. The topological polar surface area (TPSA) is 55.0 Å². The van der Waals surface area contributed by atoms with Crippen LogP contribution in [0.2, 0.25) is 0 Å². The molecule has 1 unspecified atom stereocenters. The van der Waals surface area contributed by atoms with Crippen molar-refractivity contribution in [3.8, 4) is 0 Å². The third kappa shape index (κ3) is 2.44. The van der Waals surface area contributed by atoms with E-state index in [0.717, 1.165) is 22.4 Å². The molecule has 0 saturated heterocycles. The Bertz CT molecular complexity index is 587. The molecule has 2 heterocycles. The molecule has 0 fully saturated rings. The van der Waals surface area contributed by atoms with E-state index in [0.29, 0.717) is 12.6 Å². The van der Waals surface area contributed by atoms with Crippen LogP contribution < -0.4 is 10.6 Å². The molecule has 1 aliphatic rings. The van der Waals surface area contributed by atoms with Crippen molar-refractivity contribution in [3.05, 3.63) is 51.5 Å². The Balaban J connectivity index is 2.00. The number of nitrogens with zero attached hydrogens (tertiary/aromatic N) is 3. The maximum absolute atomic E-state index is 5.95. The standard InChI is InChI=1S/C14H15IN4/c15-13-7-17-9-18-14(13)19-8-11-4-2-1-3-10(11)5-12(19)6-16/h1-4,7,9,12H,5-6,8,16H2. The summed E-state index contributed by atoms with van der Waals surface area (Å²) in [5, 5.41) is 0. The maximum Gasteiger partial charge on any atom is 0.146 e. The van der Waals surface area contributed by atoms with Gasteiger partial charge < -0.3 is 10.6 Å². The summed E-state index contributed by atoms with van der Waals surface area (Å²) in [6, 6.07) is 8.86. The summed E-state index contributed by atoms with van der Waals surface area (Å²) >= 11 is 2.28. The van der Waals surface area contributed by atoms with Crippen molar-refractivity contribution in [2.75, 3.05) is 11.4 Å². The molecule has 1 aliphatic heterocycles. The predicted octanol–water partition coefficient (Wildman–Crippen LogP) is 1.97. The molecule has 0 amide bonds. The van der Waals surface area contributed by atoms with E-state index >= 15 is 0 Å². The molecule has 1 aromatic heterocycles. The molecule has 0 saturated carbocycles. The van der Waals surface area contributed by atoms with Gasteiger partial charge in [0.25, 0.3) is 0 Å². The first-order valence-electron chi connectivity index (χ1n) is 6.28. The first-order chi connectivity index (χ1) is 9.29. The molecule has 1 aromatic carbocycles. The number of nitrogens with two attached hydrogens (primary N) is 1. The molecular formula is C14H15IN4. The van der Waals surface area contributed by atoms with Crippen molar-refractivity contribution in [1.82, 2.24) is 9.97 Å². The molecule has 4 nitrogen and oxygen atoms in total. The second kappa shape index (κ2) is 5.42. The zero-order chi connectivity index (χ0) is 13.2. The fourth-order valence-corrected chi connectivity index (χ4v) is 3.17. The van der Waals surface area contributed by atoms with Crippen LogP contribution in [0.25, 0.3) is 0 Å². The van der Waals surface area contributed by atoms with E-state index in [9.17, 15) is 0 Å². The van der Waals surface area contributed by atoms with Gasteiger partial charge >= 0.3 is 0 Å². The first-order valence-corrected chi connectivity index (χ1v) is 7.36. The van der Waals surface area contributed by atoms with E-state index in [1.807, 2.05) is 6.20 Å². The summed E-state index contributed by atoms with van der Waals surface area (Å²) in [5.41, 5.74) is 8.71. The highest BCUT2D eigenvalue weighted by molar-refractivity contribution is 14.1. The third-order valence-corrected chi connectivity index (χ3v) is 4.31. The number of hydrogen-bond donors (Lipinski definition) is 1. The Morgan fingerprint density at radius 1 is 1.32 bits per heavy atom. The van der Waals surface area contributed by atoms with Gasteiger partial charge in [-0.15, -0.1) is 0 Å². The number of fused-ring (bicyclic) bond motifs is 1. The van der Waals surface area contributed by atoms with Crippen LogP contribution in [0.1, 0.15) is 11.1 Å². The molecule has 0 bridgehead atoms. The minimum Gasteiger partial charge on any atom is -0.347 e. The van der Waals surface area contributed by atoms with E-state index < -0.39 is 0 Å². The van der Waals surface area contributed by atoms with Gasteiger partial charge in [-0.2, -0.15) is 0 Å². The normalized spacial score (nSPS) is 18.2. The van der Waals surface area contributed by atoms with Gasteiger partial charge in [0.1, 0.15) is 12.1 Å². The fraction of sp³-hybridized carbons (Fsp3) is 0.286. The zero-order valence-electron chi connectivity index (χ0n) is 10.5. The van der Waals surface area contributed by atoms with Crippen LogP contribution in [0.15, 0.2) is 36.8 Å². The van der Waals surface area contributed by atoms with Crippen LogP contribution in [-0.2, 0) is 13.0 Å². The lowest BCUT2D eigenvalue weighted by atomic mass is 9.94. The molecule has 2 N–H and O–H groups in total. The monoisotopic (exact) mass is 366 g/mol. The summed E-state index contributed by atoms with van der Waals surface area (Å²) in [6.45, 7) is 1.50. The van der Waals surface area contributed by atoms with E-state index in [4.69, 9.17) is 5.73 Å². The molecule has 98 valence electrons. The maximum atomic E-state index is 5.95. The molecular weight excluding hydrogens is 351 g/mol. The molecule has 0 aliphatic carbocycles. The van der Waals surface area contributed by atoms with E-state index in [1.165, 1.54) is 11.1 Å². The Morgan fingerprint density at radius 3 is 2.84 bits per heavy atom. The second-order valence-corrected chi connectivity index (χ2v) is 5.85. The highest BCUT2D eigenvalue weighted by Gasteiger charge is 2.27. The van der Waals surface area contributed by atoms with Crippen molar-refractivity contribution in [2.24, 2.45) is 5.73 Å². The lowest BCUT2D eigenvalue weighted by molar-refractivity contribution is 0.554. The lowest BCUT2D eigenvalue weighted by Gasteiger charge is -2.37. The van der Waals surface area contributed by atoms with Crippen molar-refractivity contribution in [1.29, 1.82) is 0 Å². The number of anilines is 1. The van der Waals surface area contributed by atoms with Crippen LogP contribution in [0.5, 0.6) is 0 Å². The lowest BCUT2D eigenvalue weighted by Crippen LogP contribution is -2.45. The molecule has 19 heavy (non-hydrogen) atoms. The van der Waals surface area contributed by atoms with Crippen molar-refractivity contribution >= 4 is 28.4 Å². The van der Waals surface area contributed by atoms with Crippen LogP contribution in [0.4, 0.5) is 5.82 Å². The van der Waals surface area contributed by atoms with E-state index in [1.54, 1.807) is 6.33 Å². The van der Waals surface area contributed by atoms with Gasteiger partial charge in [0, 0.05) is 25.3 Å². The van der Waals surface area contributed by atoms with Crippen LogP contribution >= 0.6 is 22.6 Å². The van der Waals surface area contributed by atoms with E-state index in [2.05, 4.69) is 61.7 Å². The number of halogens is 1. The Hall–Kier alpha value is -1.21. The molecule has 2 aromatic rings. The smallest absolute Gasteiger partial charge is 0.146 e. The average molecular weight is 366 g/mol. The van der Waals surface area contributed by atoms with Crippen LogP contribution in [0, 0.1) is 3.57 Å². The number of rotatable bonds is 2. The summed E-state index contributed by atoms with van der Waals surface area (Å²) in [7, 11) is 0. The Kier molecular flexibility index (Phi) is 3.65. The first kappa shape index (κ1) is 12.8.